The predicted molar refractivity (Wildman–Crippen MR) is 73.2 cm³/mol. The van der Waals surface area contributed by atoms with E-state index >= 15 is 0 Å². The summed E-state index contributed by atoms with van der Waals surface area (Å²) in [7, 11) is 0. The molecular formula is C14H24N4. The number of hydrogen-bond acceptors (Lipinski definition) is 4. The van der Waals surface area contributed by atoms with Crippen LogP contribution >= 0.6 is 0 Å². The normalized spacial score (nSPS) is 22.1. The summed E-state index contributed by atoms with van der Waals surface area (Å²) in [5.41, 5.74) is 1.12. The Hall–Kier alpha value is -1.00. The van der Waals surface area contributed by atoms with Crippen LogP contribution in [0.3, 0.4) is 0 Å². The molecule has 4 heteroatoms. The van der Waals surface area contributed by atoms with Gasteiger partial charge in [0.05, 0.1) is 5.69 Å². The molecule has 2 rings (SSSR count). The smallest absolute Gasteiger partial charge is 0.115 e. The Morgan fingerprint density at radius 2 is 2.39 bits per heavy atom. The van der Waals surface area contributed by atoms with Crippen molar-refractivity contribution in [3.05, 3.63) is 24.3 Å². The van der Waals surface area contributed by atoms with E-state index in [-0.39, 0.29) is 0 Å². The van der Waals surface area contributed by atoms with Gasteiger partial charge < -0.3 is 5.32 Å². The zero-order valence-electron chi connectivity index (χ0n) is 11.5. The molecule has 0 aliphatic carbocycles. The summed E-state index contributed by atoms with van der Waals surface area (Å²) in [4.78, 5) is 10.8. The van der Waals surface area contributed by atoms with Gasteiger partial charge in [-0.15, -0.1) is 0 Å². The van der Waals surface area contributed by atoms with E-state index in [9.17, 15) is 0 Å². The van der Waals surface area contributed by atoms with E-state index in [1.165, 1.54) is 12.8 Å². The Morgan fingerprint density at radius 3 is 3.11 bits per heavy atom. The fraction of sp³-hybridized carbons (Fsp3) is 0.714. The first kappa shape index (κ1) is 13.4. The average Bonchev–Trinajstić information content (AvgIpc) is 2.55. The summed E-state index contributed by atoms with van der Waals surface area (Å²) in [5.74, 6) is 0.751. The number of rotatable bonds is 4. The Balaban J connectivity index is 1.91. The molecule has 0 bridgehead atoms. The van der Waals surface area contributed by atoms with Crippen molar-refractivity contribution < 1.29 is 0 Å². The maximum absolute atomic E-state index is 4.32. The molecule has 1 N–H and O–H groups in total. The standard InChI is InChI=1S/C14H24N4/c1-12(2)8-14-10-18(7-3-5-16-14)9-13-4-6-15-11-17-13/h4,6,11-12,14,16H,3,5,7-10H2,1-2H3. The van der Waals surface area contributed by atoms with E-state index in [2.05, 4.69) is 34.0 Å². The first-order valence-corrected chi connectivity index (χ1v) is 6.94. The van der Waals surface area contributed by atoms with Crippen LogP contribution in [-0.4, -0.2) is 40.5 Å². The molecule has 0 aromatic carbocycles. The lowest BCUT2D eigenvalue weighted by Crippen LogP contribution is -2.38. The summed E-state index contributed by atoms with van der Waals surface area (Å²) in [6, 6.07) is 2.63. The Labute approximate surface area is 110 Å². The number of nitrogens with one attached hydrogen (secondary N) is 1. The van der Waals surface area contributed by atoms with E-state index < -0.39 is 0 Å². The highest BCUT2D eigenvalue weighted by molar-refractivity contribution is 4.98. The maximum atomic E-state index is 4.32. The molecule has 0 amide bonds. The molecule has 1 atom stereocenters. The van der Waals surface area contributed by atoms with Crippen LogP contribution in [0.25, 0.3) is 0 Å². The van der Waals surface area contributed by atoms with Crippen LogP contribution in [-0.2, 0) is 6.54 Å². The fourth-order valence-corrected chi connectivity index (χ4v) is 2.59. The van der Waals surface area contributed by atoms with Gasteiger partial charge in [0.15, 0.2) is 0 Å². The average molecular weight is 248 g/mol. The summed E-state index contributed by atoms with van der Waals surface area (Å²) >= 11 is 0. The summed E-state index contributed by atoms with van der Waals surface area (Å²) in [6.45, 7) is 8.95. The lowest BCUT2D eigenvalue weighted by Gasteiger charge is -2.25. The van der Waals surface area contributed by atoms with Crippen molar-refractivity contribution in [2.45, 2.75) is 39.3 Å². The molecule has 1 aromatic rings. The molecule has 0 saturated carbocycles. The van der Waals surface area contributed by atoms with E-state index in [0.29, 0.717) is 6.04 Å². The third kappa shape index (κ3) is 4.35. The Morgan fingerprint density at radius 1 is 1.50 bits per heavy atom. The highest BCUT2D eigenvalue weighted by Crippen LogP contribution is 2.11. The van der Waals surface area contributed by atoms with Gasteiger partial charge in [0.1, 0.15) is 6.33 Å². The monoisotopic (exact) mass is 248 g/mol. The lowest BCUT2D eigenvalue weighted by molar-refractivity contribution is 0.245. The molecule has 18 heavy (non-hydrogen) atoms. The van der Waals surface area contributed by atoms with Gasteiger partial charge in [0.25, 0.3) is 0 Å². The van der Waals surface area contributed by atoms with Crippen molar-refractivity contribution >= 4 is 0 Å². The van der Waals surface area contributed by atoms with Crippen molar-refractivity contribution in [1.82, 2.24) is 20.2 Å². The second kappa shape index (κ2) is 6.81. The van der Waals surface area contributed by atoms with Crippen molar-refractivity contribution in [3.63, 3.8) is 0 Å². The molecule has 1 saturated heterocycles. The molecule has 4 nitrogen and oxygen atoms in total. The summed E-state index contributed by atoms with van der Waals surface area (Å²) in [6.07, 6.45) is 5.93. The zero-order chi connectivity index (χ0) is 12.8. The molecule has 0 spiro atoms. The predicted octanol–water partition coefficient (Wildman–Crippen LogP) is 1.69. The molecular weight excluding hydrogens is 224 g/mol. The molecule has 2 heterocycles. The number of aromatic nitrogens is 2. The second-order valence-electron chi connectivity index (χ2n) is 5.57. The SMILES string of the molecule is CC(C)CC1CN(Cc2ccncn2)CCCN1. The van der Waals surface area contributed by atoms with Gasteiger partial charge in [-0.3, -0.25) is 4.90 Å². The second-order valence-corrected chi connectivity index (χ2v) is 5.57. The van der Waals surface area contributed by atoms with Crippen LogP contribution in [0.4, 0.5) is 0 Å². The molecule has 1 aliphatic heterocycles. The third-order valence-electron chi connectivity index (χ3n) is 3.35. The van der Waals surface area contributed by atoms with E-state index in [0.717, 1.165) is 37.8 Å². The van der Waals surface area contributed by atoms with E-state index in [1.807, 2.05) is 12.3 Å². The number of nitrogens with zero attached hydrogens (tertiary/aromatic N) is 3. The minimum atomic E-state index is 0.620. The van der Waals surface area contributed by atoms with Gasteiger partial charge in [0.2, 0.25) is 0 Å². The van der Waals surface area contributed by atoms with Crippen LogP contribution in [0, 0.1) is 5.92 Å². The van der Waals surface area contributed by atoms with Gasteiger partial charge in [0, 0.05) is 25.3 Å². The van der Waals surface area contributed by atoms with Gasteiger partial charge in [-0.2, -0.15) is 0 Å². The fourth-order valence-electron chi connectivity index (χ4n) is 2.59. The van der Waals surface area contributed by atoms with Gasteiger partial charge in [-0.25, -0.2) is 9.97 Å². The van der Waals surface area contributed by atoms with Gasteiger partial charge in [-0.05, 0) is 37.9 Å². The third-order valence-corrected chi connectivity index (χ3v) is 3.35. The summed E-state index contributed by atoms with van der Waals surface area (Å²) < 4.78 is 0. The van der Waals surface area contributed by atoms with Crippen LogP contribution in [0.1, 0.15) is 32.4 Å². The largest absolute Gasteiger partial charge is 0.313 e. The molecule has 1 unspecified atom stereocenters. The lowest BCUT2D eigenvalue weighted by atomic mass is 10.0. The quantitative estimate of drug-likeness (QED) is 0.880. The van der Waals surface area contributed by atoms with Crippen LogP contribution < -0.4 is 5.32 Å². The molecule has 0 radical (unpaired) electrons. The number of hydrogen-bond donors (Lipinski definition) is 1. The van der Waals surface area contributed by atoms with Crippen molar-refractivity contribution in [1.29, 1.82) is 0 Å². The van der Waals surface area contributed by atoms with Crippen LogP contribution in [0.2, 0.25) is 0 Å². The first-order chi connectivity index (χ1) is 8.74. The van der Waals surface area contributed by atoms with Gasteiger partial charge >= 0.3 is 0 Å². The maximum Gasteiger partial charge on any atom is 0.115 e. The van der Waals surface area contributed by atoms with Gasteiger partial charge in [-0.1, -0.05) is 13.8 Å². The Kier molecular flexibility index (Phi) is 5.08. The van der Waals surface area contributed by atoms with Crippen LogP contribution in [0.5, 0.6) is 0 Å². The van der Waals surface area contributed by atoms with Crippen molar-refractivity contribution in [3.8, 4) is 0 Å². The summed E-state index contributed by atoms with van der Waals surface area (Å²) in [5, 5.41) is 3.65. The Bertz CT molecular complexity index is 339. The highest BCUT2D eigenvalue weighted by Gasteiger charge is 2.18. The highest BCUT2D eigenvalue weighted by atomic mass is 15.2. The zero-order valence-corrected chi connectivity index (χ0v) is 11.5. The minimum absolute atomic E-state index is 0.620. The topological polar surface area (TPSA) is 41.1 Å². The van der Waals surface area contributed by atoms with Crippen molar-refractivity contribution in [2.75, 3.05) is 19.6 Å². The first-order valence-electron chi connectivity index (χ1n) is 6.94. The van der Waals surface area contributed by atoms with Crippen molar-refractivity contribution in [2.24, 2.45) is 5.92 Å². The van der Waals surface area contributed by atoms with E-state index in [1.54, 1.807) is 6.33 Å². The van der Waals surface area contributed by atoms with E-state index in [4.69, 9.17) is 0 Å². The minimum Gasteiger partial charge on any atom is -0.313 e. The molecule has 1 aromatic heterocycles. The molecule has 1 aliphatic rings. The van der Waals surface area contributed by atoms with Crippen LogP contribution in [0.15, 0.2) is 18.6 Å². The molecule has 100 valence electrons. The molecule has 1 fully saturated rings.